The second-order valence-corrected chi connectivity index (χ2v) is 14.7. The molecule has 6 unspecified atom stereocenters. The molecule has 2 amide bonds. The minimum absolute atomic E-state index is 0.0443. The van der Waals surface area contributed by atoms with Gasteiger partial charge in [0.25, 0.3) is 5.69 Å². The average molecular weight is 640 g/mol. The van der Waals surface area contributed by atoms with Gasteiger partial charge in [0.2, 0.25) is 11.8 Å². The zero-order valence-corrected chi connectivity index (χ0v) is 26.1. The fraction of sp³-hybridized carbons (Fsp3) is 0.324. The number of hydrogen-bond donors (Lipinski definition) is 1. The monoisotopic (exact) mass is 639 g/mol. The first-order chi connectivity index (χ1) is 21.7. The number of nitro benzene ring substituents is 1. The van der Waals surface area contributed by atoms with Crippen LogP contribution in [0.15, 0.2) is 76.6 Å². The third-order valence-corrected chi connectivity index (χ3v) is 12.8. The Hall–Kier alpha value is -4.22. The van der Waals surface area contributed by atoms with Gasteiger partial charge in [0, 0.05) is 33.7 Å². The average Bonchev–Trinajstić information content (AvgIpc) is 3.76. The number of carbonyl (C=O) groups is 2. The molecule has 0 spiro atoms. The maximum Gasteiger partial charge on any atom is 0.305 e. The summed E-state index contributed by atoms with van der Waals surface area (Å²) in [4.78, 5) is 57.3. The van der Waals surface area contributed by atoms with Crippen molar-refractivity contribution in [3.63, 3.8) is 0 Å². The molecule has 3 fully saturated rings. The standard InChI is InChI=1S/C34H29N3O6S2/c1-16-7-9-19(10-8-16)36-32(38)27-22-14-23(28(27)33(36)39)29-26(22)25(30-31(44-29)35-34(40)45-30)21-13-20(37(41)42)11-12-24(21)43-15-18-6-4-3-5-17(18)2/h3-13,22-23,25-29H,14-15H2,1-2H3,(H,35,40)/t22?,23?,25-,26?,27?,28?,29?/m1/s1. The van der Waals surface area contributed by atoms with Crippen LogP contribution in [0.4, 0.5) is 11.4 Å². The molecule has 1 aromatic heterocycles. The van der Waals surface area contributed by atoms with Crippen LogP contribution in [0.1, 0.15) is 39.5 Å². The minimum Gasteiger partial charge on any atom is -0.489 e. The molecule has 4 aromatic rings. The largest absolute Gasteiger partial charge is 0.489 e. The Kier molecular flexibility index (Phi) is 6.54. The molecule has 9 nitrogen and oxygen atoms in total. The van der Waals surface area contributed by atoms with Gasteiger partial charge < -0.3 is 9.72 Å². The van der Waals surface area contributed by atoms with Crippen molar-refractivity contribution < 1.29 is 19.2 Å². The smallest absolute Gasteiger partial charge is 0.305 e. The number of nitrogens with zero attached hydrogens (tertiary/aromatic N) is 2. The Morgan fingerprint density at radius 1 is 0.978 bits per heavy atom. The Labute approximate surface area is 266 Å². The lowest BCUT2D eigenvalue weighted by Gasteiger charge is -2.43. The second kappa shape index (κ2) is 10.4. The van der Waals surface area contributed by atoms with Crippen LogP contribution in [-0.2, 0) is 16.2 Å². The van der Waals surface area contributed by atoms with Crippen LogP contribution in [0.3, 0.4) is 0 Å². The second-order valence-electron chi connectivity index (χ2n) is 12.5. The van der Waals surface area contributed by atoms with E-state index in [4.69, 9.17) is 4.74 Å². The minimum atomic E-state index is -0.472. The molecule has 1 saturated heterocycles. The number of fused-ring (bicyclic) bond motifs is 9. The molecule has 2 aliphatic heterocycles. The third-order valence-electron chi connectivity index (χ3n) is 10.2. The number of anilines is 1. The van der Waals surface area contributed by atoms with Crippen molar-refractivity contribution in [3.8, 4) is 5.75 Å². The molecule has 1 N–H and O–H groups in total. The van der Waals surface area contributed by atoms with Gasteiger partial charge in [0.05, 0.1) is 27.5 Å². The van der Waals surface area contributed by atoms with Crippen LogP contribution in [-0.4, -0.2) is 27.0 Å². The number of nitro groups is 1. The summed E-state index contributed by atoms with van der Waals surface area (Å²) < 4.78 is 6.41. The van der Waals surface area contributed by atoms with E-state index in [0.29, 0.717) is 17.0 Å². The number of H-pyrrole nitrogens is 1. The molecule has 45 heavy (non-hydrogen) atoms. The molecular weight excluding hydrogens is 611 g/mol. The maximum atomic E-state index is 14.1. The molecule has 0 radical (unpaired) electrons. The topological polar surface area (TPSA) is 123 Å². The summed E-state index contributed by atoms with van der Waals surface area (Å²) in [5.74, 6) is -1.41. The summed E-state index contributed by atoms with van der Waals surface area (Å²) in [7, 11) is 0. The zero-order valence-electron chi connectivity index (χ0n) is 24.5. The number of carbonyl (C=O) groups excluding carboxylic acids is 2. The lowest BCUT2D eigenvalue weighted by atomic mass is 9.68. The van der Waals surface area contributed by atoms with Crippen molar-refractivity contribution in [2.45, 2.75) is 43.1 Å². The van der Waals surface area contributed by atoms with Gasteiger partial charge in [-0.15, -0.1) is 11.8 Å². The van der Waals surface area contributed by atoms with Gasteiger partial charge in [0.15, 0.2) is 0 Å². The first kappa shape index (κ1) is 28.3. The third kappa shape index (κ3) is 4.31. The van der Waals surface area contributed by atoms with Crippen molar-refractivity contribution in [1.82, 2.24) is 4.98 Å². The normalized spacial score (nSPS) is 27.8. The molecule has 228 valence electrons. The van der Waals surface area contributed by atoms with Gasteiger partial charge in [-0.2, -0.15) is 0 Å². The van der Waals surface area contributed by atoms with E-state index < -0.39 is 22.7 Å². The lowest BCUT2D eigenvalue weighted by Crippen LogP contribution is -2.42. The van der Waals surface area contributed by atoms with Gasteiger partial charge >= 0.3 is 4.87 Å². The van der Waals surface area contributed by atoms with Crippen molar-refractivity contribution in [3.05, 3.63) is 114 Å². The predicted molar refractivity (Wildman–Crippen MR) is 171 cm³/mol. The number of hydrogen-bond acceptors (Lipinski definition) is 8. The highest BCUT2D eigenvalue weighted by atomic mass is 32.2. The number of aryl methyl sites for hydroxylation is 2. The van der Waals surface area contributed by atoms with Gasteiger partial charge in [-0.3, -0.25) is 29.4 Å². The fourth-order valence-electron chi connectivity index (χ4n) is 8.26. The van der Waals surface area contributed by atoms with E-state index in [2.05, 4.69) is 4.98 Å². The first-order valence-electron chi connectivity index (χ1n) is 15.0. The van der Waals surface area contributed by atoms with E-state index in [1.165, 1.54) is 11.0 Å². The molecule has 7 atom stereocenters. The summed E-state index contributed by atoms with van der Waals surface area (Å²) in [6.07, 6.45) is 0.723. The Balaban J connectivity index is 1.23. The van der Waals surface area contributed by atoms with E-state index in [0.717, 1.165) is 44.4 Å². The summed E-state index contributed by atoms with van der Waals surface area (Å²) in [5.41, 5.74) is 4.28. The summed E-state index contributed by atoms with van der Waals surface area (Å²) in [5, 5.41) is 12.7. The highest BCUT2D eigenvalue weighted by Crippen LogP contribution is 2.69. The molecule has 4 aliphatic rings. The number of aromatic nitrogens is 1. The SMILES string of the molecule is Cc1ccc(N2C(=O)C3C4CC(C3C2=O)C2C4Sc3[nH]c(=O)sc3[C@@H]2c2cc([N+](=O)[O-])ccc2OCc2ccccc2C)cc1. The number of non-ortho nitro benzene ring substituents is 1. The van der Waals surface area contributed by atoms with Crippen LogP contribution in [0, 0.1) is 53.6 Å². The molecule has 2 bridgehead atoms. The Morgan fingerprint density at radius 2 is 1.71 bits per heavy atom. The molecule has 8 rings (SSSR count). The summed E-state index contributed by atoms with van der Waals surface area (Å²) in [6.45, 7) is 4.25. The summed E-state index contributed by atoms with van der Waals surface area (Å²) in [6, 6.07) is 20.0. The van der Waals surface area contributed by atoms with E-state index in [9.17, 15) is 24.5 Å². The number of imide groups is 1. The van der Waals surface area contributed by atoms with Crippen molar-refractivity contribution in [1.29, 1.82) is 0 Å². The van der Waals surface area contributed by atoms with Crippen molar-refractivity contribution >= 4 is 46.3 Å². The zero-order chi connectivity index (χ0) is 31.1. The molecule has 11 heteroatoms. The highest BCUT2D eigenvalue weighted by Gasteiger charge is 2.70. The quantitative estimate of drug-likeness (QED) is 0.151. The number of benzene rings is 3. The Morgan fingerprint density at radius 3 is 2.44 bits per heavy atom. The molecule has 3 heterocycles. The number of ether oxygens (including phenoxy) is 1. The molecular formula is C34H29N3O6S2. The van der Waals surface area contributed by atoms with Crippen LogP contribution in [0.25, 0.3) is 0 Å². The van der Waals surface area contributed by atoms with Crippen LogP contribution in [0.5, 0.6) is 5.75 Å². The van der Waals surface area contributed by atoms with Crippen LogP contribution < -0.4 is 14.5 Å². The maximum absolute atomic E-state index is 14.1. The van der Waals surface area contributed by atoms with Crippen LogP contribution in [0.2, 0.25) is 0 Å². The molecule has 2 saturated carbocycles. The fourth-order valence-corrected chi connectivity index (χ4v) is 11.1. The number of aromatic amines is 1. The molecule has 2 aliphatic carbocycles. The van der Waals surface area contributed by atoms with Crippen molar-refractivity contribution in [2.24, 2.45) is 29.6 Å². The lowest BCUT2D eigenvalue weighted by molar-refractivity contribution is -0.385. The Bertz CT molecular complexity index is 1950. The van der Waals surface area contributed by atoms with E-state index in [1.54, 1.807) is 23.9 Å². The molecule has 3 aromatic carbocycles. The first-order valence-corrected chi connectivity index (χ1v) is 16.7. The predicted octanol–water partition coefficient (Wildman–Crippen LogP) is 6.22. The van der Waals surface area contributed by atoms with Crippen molar-refractivity contribution in [2.75, 3.05) is 4.90 Å². The van der Waals surface area contributed by atoms with Gasteiger partial charge in [0.1, 0.15) is 12.4 Å². The van der Waals surface area contributed by atoms with Gasteiger partial charge in [-0.05, 0) is 67.3 Å². The number of thiazole rings is 1. The van der Waals surface area contributed by atoms with Crippen LogP contribution >= 0.6 is 23.1 Å². The number of amides is 2. The van der Waals surface area contributed by atoms with Gasteiger partial charge in [-0.25, -0.2) is 0 Å². The van der Waals surface area contributed by atoms with Gasteiger partial charge in [-0.1, -0.05) is 53.3 Å². The van der Waals surface area contributed by atoms with E-state index in [-0.39, 0.29) is 52.0 Å². The highest BCUT2D eigenvalue weighted by molar-refractivity contribution is 8.00. The van der Waals surface area contributed by atoms with E-state index in [1.807, 2.05) is 62.4 Å². The van der Waals surface area contributed by atoms with E-state index >= 15 is 0 Å². The summed E-state index contributed by atoms with van der Waals surface area (Å²) >= 11 is 2.70. The number of thioether (sulfide) groups is 1. The number of rotatable bonds is 6. The number of nitrogens with one attached hydrogen (secondary N) is 1.